The Morgan fingerprint density at radius 1 is 1.36 bits per heavy atom. The summed E-state index contributed by atoms with van der Waals surface area (Å²) in [6, 6.07) is 7.44. The second-order valence-electron chi connectivity index (χ2n) is 6.34. The predicted molar refractivity (Wildman–Crippen MR) is 93.0 cm³/mol. The van der Waals surface area contributed by atoms with Crippen LogP contribution >= 0.6 is 0 Å². The van der Waals surface area contributed by atoms with E-state index in [2.05, 4.69) is 10.3 Å². The highest BCUT2D eigenvalue weighted by atomic mass is 16.3. The lowest BCUT2D eigenvalue weighted by atomic mass is 9.96. The van der Waals surface area contributed by atoms with Crippen molar-refractivity contribution in [3.8, 4) is 0 Å². The van der Waals surface area contributed by atoms with Gasteiger partial charge in [0.2, 0.25) is 5.91 Å². The van der Waals surface area contributed by atoms with Gasteiger partial charge in [0, 0.05) is 37.9 Å². The molecule has 1 saturated heterocycles. The van der Waals surface area contributed by atoms with E-state index >= 15 is 0 Å². The van der Waals surface area contributed by atoms with Crippen LogP contribution in [0, 0.1) is 12.8 Å². The smallest absolute Gasteiger partial charge is 0.257 e. The van der Waals surface area contributed by atoms with Crippen LogP contribution in [-0.2, 0) is 11.2 Å². The largest absolute Gasteiger partial charge is 0.469 e. The monoisotopic (exact) mass is 341 g/mol. The number of furan rings is 1. The molecule has 1 fully saturated rings. The molecule has 0 spiro atoms. The zero-order valence-electron chi connectivity index (χ0n) is 14.4. The van der Waals surface area contributed by atoms with Gasteiger partial charge in [-0.1, -0.05) is 6.07 Å². The van der Waals surface area contributed by atoms with Crippen LogP contribution in [0.4, 0.5) is 0 Å². The van der Waals surface area contributed by atoms with Crippen LogP contribution in [0.15, 0.2) is 41.1 Å². The van der Waals surface area contributed by atoms with Crippen LogP contribution in [-0.4, -0.2) is 41.3 Å². The fourth-order valence-electron chi connectivity index (χ4n) is 3.16. The molecule has 0 saturated carbocycles. The number of carbonyl (C=O) groups is 2. The highest BCUT2D eigenvalue weighted by molar-refractivity contribution is 5.95. The minimum absolute atomic E-state index is 0.0114. The number of pyridine rings is 1. The third-order valence-corrected chi connectivity index (χ3v) is 4.58. The van der Waals surface area contributed by atoms with Gasteiger partial charge in [0.1, 0.15) is 5.76 Å². The fraction of sp³-hybridized carbons (Fsp3) is 0.421. The molecule has 3 heterocycles. The molecular weight excluding hydrogens is 318 g/mol. The van der Waals surface area contributed by atoms with Crippen molar-refractivity contribution in [2.75, 3.05) is 19.6 Å². The average molecular weight is 341 g/mol. The molecule has 0 radical (unpaired) electrons. The van der Waals surface area contributed by atoms with Crippen molar-refractivity contribution >= 4 is 11.8 Å². The van der Waals surface area contributed by atoms with E-state index in [4.69, 9.17) is 4.42 Å². The van der Waals surface area contributed by atoms with Gasteiger partial charge in [0.25, 0.3) is 5.91 Å². The molecule has 132 valence electrons. The molecule has 2 aromatic rings. The van der Waals surface area contributed by atoms with Crippen LogP contribution in [0.25, 0.3) is 0 Å². The zero-order chi connectivity index (χ0) is 17.6. The third kappa shape index (κ3) is 4.26. The summed E-state index contributed by atoms with van der Waals surface area (Å²) in [6.45, 7) is 3.47. The molecule has 6 heteroatoms. The number of nitrogens with zero attached hydrogens (tertiary/aromatic N) is 2. The molecule has 3 rings (SSSR count). The van der Waals surface area contributed by atoms with Gasteiger partial charge in [0.05, 0.1) is 17.7 Å². The second kappa shape index (κ2) is 7.96. The number of likely N-dealkylation sites (tertiary alicyclic amines) is 1. The molecule has 1 atom stereocenters. The number of rotatable bonds is 5. The summed E-state index contributed by atoms with van der Waals surface area (Å²) < 4.78 is 5.21. The van der Waals surface area contributed by atoms with Gasteiger partial charge in [-0.15, -0.1) is 0 Å². The summed E-state index contributed by atoms with van der Waals surface area (Å²) in [5.41, 5.74) is 1.54. The maximum atomic E-state index is 12.6. The second-order valence-corrected chi connectivity index (χ2v) is 6.34. The van der Waals surface area contributed by atoms with Gasteiger partial charge < -0.3 is 14.6 Å². The number of carbonyl (C=O) groups excluding carboxylic acids is 2. The van der Waals surface area contributed by atoms with Crippen LogP contribution in [0.2, 0.25) is 0 Å². The molecule has 1 N–H and O–H groups in total. The first-order valence-corrected chi connectivity index (χ1v) is 8.66. The number of hydrogen-bond donors (Lipinski definition) is 1. The summed E-state index contributed by atoms with van der Waals surface area (Å²) in [7, 11) is 0. The Hall–Kier alpha value is -2.63. The Morgan fingerprint density at radius 2 is 2.24 bits per heavy atom. The van der Waals surface area contributed by atoms with Crippen LogP contribution in [0.3, 0.4) is 0 Å². The molecule has 25 heavy (non-hydrogen) atoms. The van der Waals surface area contributed by atoms with E-state index in [9.17, 15) is 9.59 Å². The molecule has 6 nitrogen and oxygen atoms in total. The Labute approximate surface area is 147 Å². The van der Waals surface area contributed by atoms with Gasteiger partial charge in [-0.2, -0.15) is 0 Å². The van der Waals surface area contributed by atoms with Crippen molar-refractivity contribution in [3.63, 3.8) is 0 Å². The minimum Gasteiger partial charge on any atom is -0.469 e. The number of amides is 2. The van der Waals surface area contributed by atoms with E-state index in [1.165, 1.54) is 6.26 Å². The molecule has 2 aromatic heterocycles. The molecule has 0 aromatic carbocycles. The topological polar surface area (TPSA) is 75.4 Å². The number of piperidine rings is 1. The van der Waals surface area contributed by atoms with Crippen molar-refractivity contribution < 1.29 is 14.0 Å². The van der Waals surface area contributed by atoms with Crippen LogP contribution < -0.4 is 5.32 Å². The third-order valence-electron chi connectivity index (χ3n) is 4.58. The molecular formula is C19H23N3O3. The summed E-state index contributed by atoms with van der Waals surface area (Å²) in [4.78, 5) is 31.0. The summed E-state index contributed by atoms with van der Waals surface area (Å²) in [5, 5.41) is 2.97. The van der Waals surface area contributed by atoms with Gasteiger partial charge in [-0.25, -0.2) is 0 Å². The van der Waals surface area contributed by atoms with Gasteiger partial charge in [-0.05, 0) is 38.0 Å². The van der Waals surface area contributed by atoms with E-state index < -0.39 is 0 Å². The number of hydrogen-bond acceptors (Lipinski definition) is 4. The lowest BCUT2D eigenvalue weighted by Crippen LogP contribution is -2.45. The van der Waals surface area contributed by atoms with E-state index in [1.807, 2.05) is 18.2 Å². The SMILES string of the molecule is Cc1occc1C(=O)N1CCCC(C(=O)NCCc2ccccn2)C1. The van der Waals surface area contributed by atoms with E-state index in [0.29, 0.717) is 37.4 Å². The molecule has 0 bridgehead atoms. The van der Waals surface area contributed by atoms with Crippen molar-refractivity contribution in [1.82, 2.24) is 15.2 Å². The summed E-state index contributed by atoms with van der Waals surface area (Å²) >= 11 is 0. The maximum absolute atomic E-state index is 12.6. The first-order chi connectivity index (χ1) is 12.1. The van der Waals surface area contributed by atoms with Crippen molar-refractivity contribution in [2.24, 2.45) is 5.92 Å². The Balaban J connectivity index is 1.51. The Bertz CT molecular complexity index is 727. The molecule has 1 aliphatic rings. The maximum Gasteiger partial charge on any atom is 0.257 e. The standard InChI is InChI=1S/C19H23N3O3/c1-14-17(8-12-25-14)19(24)22-11-4-5-15(13-22)18(23)21-10-7-16-6-2-3-9-20-16/h2-3,6,8-9,12,15H,4-5,7,10-11,13H2,1H3,(H,21,23). The lowest BCUT2D eigenvalue weighted by molar-refractivity contribution is -0.126. The predicted octanol–water partition coefficient (Wildman–Crippen LogP) is 2.19. The highest BCUT2D eigenvalue weighted by Gasteiger charge is 2.29. The van der Waals surface area contributed by atoms with E-state index in [1.54, 1.807) is 24.1 Å². The van der Waals surface area contributed by atoms with Crippen molar-refractivity contribution in [2.45, 2.75) is 26.2 Å². The number of aromatic nitrogens is 1. The van der Waals surface area contributed by atoms with Crippen LogP contribution in [0.1, 0.15) is 34.7 Å². The molecule has 1 unspecified atom stereocenters. The highest BCUT2D eigenvalue weighted by Crippen LogP contribution is 2.20. The first kappa shape index (κ1) is 17.2. The Kier molecular flexibility index (Phi) is 5.48. The van der Waals surface area contributed by atoms with Gasteiger partial charge in [0.15, 0.2) is 0 Å². The molecule has 0 aliphatic carbocycles. The van der Waals surface area contributed by atoms with Crippen molar-refractivity contribution in [1.29, 1.82) is 0 Å². The number of aryl methyl sites for hydroxylation is 1. The first-order valence-electron chi connectivity index (χ1n) is 8.66. The average Bonchev–Trinajstić information content (AvgIpc) is 3.08. The van der Waals surface area contributed by atoms with Gasteiger partial charge >= 0.3 is 0 Å². The fourth-order valence-corrected chi connectivity index (χ4v) is 3.16. The summed E-state index contributed by atoms with van der Waals surface area (Å²) in [5.74, 6) is 0.412. The normalized spacial score (nSPS) is 17.3. The van der Waals surface area contributed by atoms with Crippen molar-refractivity contribution in [3.05, 3.63) is 53.7 Å². The quantitative estimate of drug-likeness (QED) is 0.904. The number of nitrogens with one attached hydrogen (secondary N) is 1. The minimum atomic E-state index is -0.159. The van der Waals surface area contributed by atoms with E-state index in [-0.39, 0.29) is 17.7 Å². The molecule has 2 amide bonds. The lowest BCUT2D eigenvalue weighted by Gasteiger charge is -2.32. The summed E-state index contributed by atoms with van der Waals surface area (Å²) in [6.07, 6.45) is 5.62. The molecule has 1 aliphatic heterocycles. The Morgan fingerprint density at radius 3 is 2.96 bits per heavy atom. The van der Waals surface area contributed by atoms with Gasteiger partial charge in [-0.3, -0.25) is 14.6 Å². The zero-order valence-corrected chi connectivity index (χ0v) is 14.4. The van der Waals surface area contributed by atoms with Crippen LogP contribution in [0.5, 0.6) is 0 Å². The van der Waals surface area contributed by atoms with E-state index in [0.717, 1.165) is 18.5 Å².